The van der Waals surface area contributed by atoms with E-state index in [1.54, 1.807) is 23.0 Å². The predicted octanol–water partition coefficient (Wildman–Crippen LogP) is 1.53. The largest absolute Gasteiger partial charge is 0.236 e. The molecule has 2 aromatic rings. The molecule has 0 saturated carbocycles. The van der Waals surface area contributed by atoms with Gasteiger partial charge in [0.25, 0.3) is 0 Å². The summed E-state index contributed by atoms with van der Waals surface area (Å²) < 4.78 is 23.6. The first-order valence-corrected chi connectivity index (χ1v) is 7.87. The van der Waals surface area contributed by atoms with Gasteiger partial charge in [-0.05, 0) is 29.7 Å². The van der Waals surface area contributed by atoms with Crippen LogP contribution in [-0.2, 0) is 10.0 Å². The van der Waals surface area contributed by atoms with E-state index in [4.69, 9.17) is 5.14 Å². The molecule has 0 unspecified atom stereocenters. The summed E-state index contributed by atoms with van der Waals surface area (Å²) in [5.74, 6) is -0.174. The molecule has 0 aliphatic heterocycles. The number of sulfonamides is 1. The zero-order valence-corrected chi connectivity index (χ0v) is 12.3. The maximum absolute atomic E-state index is 11.0. The highest BCUT2D eigenvalue weighted by Crippen LogP contribution is 2.25. The van der Waals surface area contributed by atoms with Crippen LogP contribution in [0.4, 0.5) is 0 Å². The van der Waals surface area contributed by atoms with Gasteiger partial charge in [-0.1, -0.05) is 19.7 Å². The molecule has 0 aliphatic carbocycles. The van der Waals surface area contributed by atoms with Crippen molar-refractivity contribution in [2.24, 2.45) is 5.14 Å². The van der Waals surface area contributed by atoms with Gasteiger partial charge in [0.1, 0.15) is 0 Å². The van der Waals surface area contributed by atoms with E-state index in [0.717, 1.165) is 5.65 Å². The lowest BCUT2D eigenvalue weighted by Crippen LogP contribution is -2.17. The molecule has 110 valence electrons. The number of nitrogens with two attached hydrogens (primary N) is 1. The van der Waals surface area contributed by atoms with Gasteiger partial charge in [0.15, 0.2) is 5.65 Å². The fraction of sp³-hybridized carbons (Fsp3) is 0.143. The minimum absolute atomic E-state index is 0.174. The summed E-state index contributed by atoms with van der Waals surface area (Å²) in [7, 11) is -3.52. The highest BCUT2D eigenvalue weighted by atomic mass is 32.2. The lowest BCUT2D eigenvalue weighted by Gasteiger charge is -2.11. The van der Waals surface area contributed by atoms with Crippen molar-refractivity contribution in [3.05, 3.63) is 61.1 Å². The van der Waals surface area contributed by atoms with Crippen LogP contribution in [0.15, 0.2) is 55.4 Å². The lowest BCUT2D eigenvalue weighted by atomic mass is 9.98. The highest BCUT2D eigenvalue weighted by Gasteiger charge is 2.12. The van der Waals surface area contributed by atoms with Crippen LogP contribution >= 0.6 is 0 Å². The fourth-order valence-electron chi connectivity index (χ4n) is 1.76. The van der Waals surface area contributed by atoms with Gasteiger partial charge in [0.2, 0.25) is 10.0 Å². The Morgan fingerprint density at radius 1 is 1.29 bits per heavy atom. The number of aromatic nitrogens is 3. The maximum Gasteiger partial charge on any atom is 0.209 e. The minimum Gasteiger partial charge on any atom is -0.236 e. The van der Waals surface area contributed by atoms with Crippen LogP contribution in [0.1, 0.15) is 12.1 Å². The summed E-state index contributed by atoms with van der Waals surface area (Å²) in [4.78, 5) is 4.11. The van der Waals surface area contributed by atoms with Gasteiger partial charge in [-0.3, -0.25) is 0 Å². The number of hydrogen-bond acceptors (Lipinski definition) is 4. The van der Waals surface area contributed by atoms with Crippen LogP contribution in [0.3, 0.4) is 0 Å². The molecular formula is C14H16N4O2S. The second-order valence-electron chi connectivity index (χ2n) is 4.63. The monoisotopic (exact) mass is 304 g/mol. The summed E-state index contributed by atoms with van der Waals surface area (Å²) in [6.45, 7) is 11.7. The topological polar surface area (TPSA) is 90.4 Å². The van der Waals surface area contributed by atoms with Crippen LogP contribution in [0.2, 0.25) is 0 Å². The van der Waals surface area contributed by atoms with Crippen LogP contribution in [-0.4, -0.2) is 28.8 Å². The number of primary sulfonamides is 1. The standard InChI is InChI=1S/C14H16N4O2S/c1-10(6-9-21(15,19)20)11(2)12(3)13-4-5-14-16-7-8-18(14)17-13/h4-5,7-8H,1-3,6,9H2,(H2,15,19,20). The van der Waals surface area contributed by atoms with Crippen molar-refractivity contribution in [3.8, 4) is 0 Å². The molecule has 2 heterocycles. The zero-order valence-electron chi connectivity index (χ0n) is 11.5. The van der Waals surface area contributed by atoms with Crippen molar-refractivity contribution in [1.29, 1.82) is 0 Å². The van der Waals surface area contributed by atoms with Gasteiger partial charge in [-0.25, -0.2) is 23.1 Å². The average Bonchev–Trinajstić information content (AvgIpc) is 2.89. The number of imidazole rings is 1. The van der Waals surface area contributed by atoms with E-state index >= 15 is 0 Å². The second kappa shape index (κ2) is 5.63. The molecule has 2 N–H and O–H groups in total. The number of allylic oxidation sites excluding steroid dienone is 3. The molecule has 0 bridgehead atoms. The summed E-state index contributed by atoms with van der Waals surface area (Å²) in [5.41, 5.74) is 3.07. The van der Waals surface area contributed by atoms with E-state index < -0.39 is 10.0 Å². The van der Waals surface area contributed by atoms with Crippen molar-refractivity contribution in [1.82, 2.24) is 14.6 Å². The van der Waals surface area contributed by atoms with Gasteiger partial charge in [-0.2, -0.15) is 5.10 Å². The molecule has 0 spiro atoms. The number of fused-ring (bicyclic) bond motifs is 1. The third-order valence-electron chi connectivity index (χ3n) is 3.04. The molecule has 0 radical (unpaired) electrons. The van der Waals surface area contributed by atoms with Gasteiger partial charge >= 0.3 is 0 Å². The third-order valence-corrected chi connectivity index (χ3v) is 3.82. The van der Waals surface area contributed by atoms with E-state index in [1.165, 1.54) is 0 Å². The van der Waals surface area contributed by atoms with Crippen molar-refractivity contribution in [2.45, 2.75) is 6.42 Å². The number of rotatable bonds is 6. The molecule has 0 atom stereocenters. The molecule has 2 rings (SSSR count). The lowest BCUT2D eigenvalue weighted by molar-refractivity contribution is 0.597. The van der Waals surface area contributed by atoms with Crippen LogP contribution < -0.4 is 5.14 Å². The Labute approximate surface area is 123 Å². The number of nitrogens with zero attached hydrogens (tertiary/aromatic N) is 3. The Hall–Kier alpha value is -2.25. The first-order chi connectivity index (χ1) is 9.78. The average molecular weight is 304 g/mol. The zero-order chi connectivity index (χ0) is 15.6. The van der Waals surface area contributed by atoms with Crippen molar-refractivity contribution in [3.63, 3.8) is 0 Å². The first kappa shape index (κ1) is 15.1. The normalized spacial score (nSPS) is 11.5. The molecule has 0 aromatic carbocycles. The SMILES string of the molecule is C=C(CCS(N)(=O)=O)C(=C)C(=C)c1ccc2nccn2n1. The van der Waals surface area contributed by atoms with Gasteiger partial charge in [0, 0.05) is 18.0 Å². The molecule has 0 saturated heterocycles. The predicted molar refractivity (Wildman–Crippen MR) is 82.9 cm³/mol. The van der Waals surface area contributed by atoms with E-state index in [0.29, 0.717) is 22.4 Å². The van der Waals surface area contributed by atoms with Crippen molar-refractivity contribution >= 4 is 21.2 Å². The molecule has 0 amide bonds. The first-order valence-electron chi connectivity index (χ1n) is 6.15. The Morgan fingerprint density at radius 3 is 2.67 bits per heavy atom. The Balaban J connectivity index is 2.14. The van der Waals surface area contributed by atoms with E-state index in [-0.39, 0.29) is 12.2 Å². The smallest absolute Gasteiger partial charge is 0.209 e. The summed E-state index contributed by atoms with van der Waals surface area (Å²) in [6, 6.07) is 3.59. The van der Waals surface area contributed by atoms with Gasteiger partial charge < -0.3 is 0 Å². The van der Waals surface area contributed by atoms with E-state index in [9.17, 15) is 8.42 Å². The summed E-state index contributed by atoms with van der Waals surface area (Å²) in [5, 5.41) is 9.34. The number of hydrogen-bond donors (Lipinski definition) is 1. The van der Waals surface area contributed by atoms with E-state index in [2.05, 4.69) is 29.8 Å². The van der Waals surface area contributed by atoms with Crippen molar-refractivity contribution < 1.29 is 8.42 Å². The summed E-state index contributed by atoms with van der Waals surface area (Å²) >= 11 is 0. The molecule has 6 nitrogen and oxygen atoms in total. The molecule has 21 heavy (non-hydrogen) atoms. The van der Waals surface area contributed by atoms with Crippen molar-refractivity contribution in [2.75, 3.05) is 5.75 Å². The molecule has 0 fully saturated rings. The Kier molecular flexibility index (Phi) is 4.06. The molecule has 0 aliphatic rings. The van der Waals surface area contributed by atoms with Crippen LogP contribution in [0, 0.1) is 0 Å². The Bertz CT molecular complexity index is 834. The third kappa shape index (κ3) is 3.65. The van der Waals surface area contributed by atoms with Gasteiger partial charge in [-0.15, -0.1) is 0 Å². The molecule has 2 aromatic heterocycles. The van der Waals surface area contributed by atoms with Crippen LogP contribution in [0.5, 0.6) is 0 Å². The van der Waals surface area contributed by atoms with Gasteiger partial charge in [0.05, 0.1) is 11.4 Å². The molecular weight excluding hydrogens is 288 g/mol. The van der Waals surface area contributed by atoms with E-state index in [1.807, 2.05) is 6.07 Å². The summed E-state index contributed by atoms with van der Waals surface area (Å²) in [6.07, 6.45) is 3.59. The quantitative estimate of drug-likeness (QED) is 0.819. The fourth-order valence-corrected chi connectivity index (χ4v) is 2.29. The van der Waals surface area contributed by atoms with Crippen LogP contribution in [0.25, 0.3) is 11.2 Å². The Morgan fingerprint density at radius 2 is 2.00 bits per heavy atom. The highest BCUT2D eigenvalue weighted by molar-refractivity contribution is 7.89. The second-order valence-corrected chi connectivity index (χ2v) is 6.36. The molecule has 7 heteroatoms. The minimum atomic E-state index is -3.52. The maximum atomic E-state index is 11.0.